The van der Waals surface area contributed by atoms with Crippen molar-refractivity contribution in [2.45, 2.75) is 26.6 Å². The fraction of sp³-hybridized carbons (Fsp3) is 0.208. The summed E-state index contributed by atoms with van der Waals surface area (Å²) in [4.78, 5) is 12.6. The first-order chi connectivity index (χ1) is 13.7. The van der Waals surface area contributed by atoms with E-state index >= 15 is 0 Å². The molecule has 0 atom stereocenters. The third-order valence-corrected chi connectivity index (χ3v) is 4.53. The van der Waals surface area contributed by atoms with Gasteiger partial charge in [0.1, 0.15) is 5.75 Å². The van der Waals surface area contributed by atoms with E-state index in [1.807, 2.05) is 60.7 Å². The van der Waals surface area contributed by atoms with Crippen LogP contribution >= 0.6 is 0 Å². The lowest BCUT2D eigenvalue weighted by Crippen LogP contribution is -2.12. The van der Waals surface area contributed by atoms with Crippen LogP contribution in [0.5, 0.6) is 5.75 Å². The normalized spacial score (nSPS) is 10.5. The summed E-state index contributed by atoms with van der Waals surface area (Å²) in [7, 11) is 1.62. The number of rotatable bonds is 8. The fourth-order valence-corrected chi connectivity index (χ4v) is 2.91. The molecule has 0 heterocycles. The number of amides is 1. The number of ether oxygens (including phenoxy) is 2. The van der Waals surface area contributed by atoms with E-state index in [1.54, 1.807) is 19.2 Å². The molecule has 4 nitrogen and oxygen atoms in total. The summed E-state index contributed by atoms with van der Waals surface area (Å²) < 4.78 is 11.2. The van der Waals surface area contributed by atoms with E-state index in [0.29, 0.717) is 24.5 Å². The summed E-state index contributed by atoms with van der Waals surface area (Å²) >= 11 is 0. The van der Waals surface area contributed by atoms with Crippen molar-refractivity contribution < 1.29 is 14.3 Å². The van der Waals surface area contributed by atoms with Gasteiger partial charge in [-0.1, -0.05) is 49.4 Å². The number of carbonyl (C=O) groups excluding carboxylic acids is 1. The Morgan fingerprint density at radius 3 is 2.32 bits per heavy atom. The maximum Gasteiger partial charge on any atom is 0.255 e. The molecule has 0 aliphatic rings. The van der Waals surface area contributed by atoms with Crippen molar-refractivity contribution in [3.05, 3.63) is 95.1 Å². The smallest absolute Gasteiger partial charge is 0.255 e. The number of carbonyl (C=O) groups is 1. The van der Waals surface area contributed by atoms with Gasteiger partial charge in [-0.15, -0.1) is 0 Å². The third kappa shape index (κ3) is 5.21. The SMILES string of the molecule is CCc1ccc(NC(=O)c2ccc(OC)c(COCc3ccccc3)c2)cc1. The number of hydrogen-bond acceptors (Lipinski definition) is 3. The van der Waals surface area contributed by atoms with Crippen LogP contribution in [-0.2, 0) is 24.4 Å². The lowest BCUT2D eigenvalue weighted by atomic mass is 10.1. The van der Waals surface area contributed by atoms with Crippen LogP contribution in [0.15, 0.2) is 72.8 Å². The summed E-state index contributed by atoms with van der Waals surface area (Å²) in [5.41, 5.74) is 4.53. The largest absolute Gasteiger partial charge is 0.496 e. The highest BCUT2D eigenvalue weighted by molar-refractivity contribution is 6.04. The van der Waals surface area contributed by atoms with Crippen LogP contribution in [0.4, 0.5) is 5.69 Å². The van der Waals surface area contributed by atoms with E-state index < -0.39 is 0 Å². The number of hydrogen-bond donors (Lipinski definition) is 1. The predicted octanol–water partition coefficient (Wildman–Crippen LogP) is 5.23. The average molecular weight is 375 g/mol. The maximum absolute atomic E-state index is 12.6. The molecule has 0 aliphatic heterocycles. The molecule has 28 heavy (non-hydrogen) atoms. The van der Waals surface area contributed by atoms with Gasteiger partial charge in [-0.3, -0.25) is 4.79 Å². The molecule has 0 aliphatic carbocycles. The molecule has 1 N–H and O–H groups in total. The van der Waals surface area contributed by atoms with Gasteiger partial charge in [0, 0.05) is 16.8 Å². The van der Waals surface area contributed by atoms with Crippen LogP contribution < -0.4 is 10.1 Å². The van der Waals surface area contributed by atoms with Crippen molar-refractivity contribution in [2.24, 2.45) is 0 Å². The Kier molecular flexibility index (Phi) is 6.82. The number of benzene rings is 3. The fourth-order valence-electron chi connectivity index (χ4n) is 2.91. The molecule has 0 fully saturated rings. The van der Waals surface area contributed by atoms with E-state index in [9.17, 15) is 4.79 Å². The van der Waals surface area contributed by atoms with E-state index in [4.69, 9.17) is 9.47 Å². The minimum atomic E-state index is -0.156. The van der Waals surface area contributed by atoms with Gasteiger partial charge < -0.3 is 14.8 Å². The number of aryl methyl sites for hydroxylation is 1. The van der Waals surface area contributed by atoms with Crippen LogP contribution in [0.3, 0.4) is 0 Å². The lowest BCUT2D eigenvalue weighted by molar-refractivity contribution is 0.102. The molecule has 3 aromatic carbocycles. The Morgan fingerprint density at radius 1 is 0.893 bits per heavy atom. The van der Waals surface area contributed by atoms with Gasteiger partial charge in [-0.05, 0) is 47.9 Å². The van der Waals surface area contributed by atoms with E-state index in [1.165, 1.54) is 5.56 Å². The monoisotopic (exact) mass is 375 g/mol. The minimum Gasteiger partial charge on any atom is -0.496 e. The second kappa shape index (κ2) is 9.72. The summed E-state index contributed by atoms with van der Waals surface area (Å²) in [6.07, 6.45) is 0.971. The molecule has 3 rings (SSSR count). The average Bonchev–Trinajstić information content (AvgIpc) is 2.75. The van der Waals surface area contributed by atoms with Crippen molar-refractivity contribution in [1.29, 1.82) is 0 Å². The Hall–Kier alpha value is -3.11. The molecule has 0 unspecified atom stereocenters. The summed E-state index contributed by atoms with van der Waals surface area (Å²) in [5.74, 6) is 0.549. The van der Waals surface area contributed by atoms with E-state index in [-0.39, 0.29) is 5.91 Å². The third-order valence-electron chi connectivity index (χ3n) is 4.53. The summed E-state index contributed by atoms with van der Waals surface area (Å²) in [6.45, 7) is 2.97. The van der Waals surface area contributed by atoms with Gasteiger partial charge >= 0.3 is 0 Å². The standard InChI is InChI=1S/C24H25NO3/c1-3-18-9-12-22(13-10-18)25-24(26)20-11-14-23(27-2)21(15-20)17-28-16-19-7-5-4-6-8-19/h4-15H,3,16-17H2,1-2H3,(H,25,26). The Bertz CT molecular complexity index is 905. The molecule has 4 heteroatoms. The Balaban J connectivity index is 1.67. The van der Waals surface area contributed by atoms with Gasteiger partial charge in [0.2, 0.25) is 0 Å². The molecule has 0 saturated heterocycles. The zero-order valence-electron chi connectivity index (χ0n) is 16.3. The van der Waals surface area contributed by atoms with Gasteiger partial charge in [-0.2, -0.15) is 0 Å². The van der Waals surface area contributed by atoms with Gasteiger partial charge in [-0.25, -0.2) is 0 Å². The highest BCUT2D eigenvalue weighted by Gasteiger charge is 2.11. The van der Waals surface area contributed by atoms with Crippen molar-refractivity contribution in [3.8, 4) is 5.75 Å². The topological polar surface area (TPSA) is 47.6 Å². The zero-order chi connectivity index (χ0) is 19.8. The first-order valence-corrected chi connectivity index (χ1v) is 9.38. The first-order valence-electron chi connectivity index (χ1n) is 9.38. The zero-order valence-corrected chi connectivity index (χ0v) is 16.3. The molecular weight excluding hydrogens is 350 g/mol. The summed E-state index contributed by atoms with van der Waals surface area (Å²) in [5, 5.41) is 2.94. The van der Waals surface area contributed by atoms with Crippen LogP contribution in [0, 0.1) is 0 Å². The van der Waals surface area contributed by atoms with Crippen LogP contribution in [0.2, 0.25) is 0 Å². The molecule has 0 radical (unpaired) electrons. The van der Waals surface area contributed by atoms with Gasteiger partial charge in [0.05, 0.1) is 20.3 Å². The minimum absolute atomic E-state index is 0.156. The predicted molar refractivity (Wildman–Crippen MR) is 112 cm³/mol. The molecule has 0 bridgehead atoms. The highest BCUT2D eigenvalue weighted by Crippen LogP contribution is 2.22. The Morgan fingerprint density at radius 2 is 1.64 bits per heavy atom. The van der Waals surface area contributed by atoms with Crippen molar-refractivity contribution >= 4 is 11.6 Å². The highest BCUT2D eigenvalue weighted by atomic mass is 16.5. The van der Waals surface area contributed by atoms with Crippen molar-refractivity contribution in [3.63, 3.8) is 0 Å². The van der Waals surface area contributed by atoms with Crippen LogP contribution in [0.1, 0.15) is 34.0 Å². The maximum atomic E-state index is 12.6. The van der Waals surface area contributed by atoms with Gasteiger partial charge in [0.25, 0.3) is 5.91 Å². The number of nitrogens with one attached hydrogen (secondary N) is 1. The molecule has 0 spiro atoms. The number of methoxy groups -OCH3 is 1. The first kappa shape index (κ1) is 19.6. The van der Waals surface area contributed by atoms with Crippen molar-refractivity contribution in [2.75, 3.05) is 12.4 Å². The van der Waals surface area contributed by atoms with E-state index in [0.717, 1.165) is 23.2 Å². The molecule has 0 saturated carbocycles. The number of anilines is 1. The van der Waals surface area contributed by atoms with Crippen LogP contribution in [-0.4, -0.2) is 13.0 Å². The summed E-state index contributed by atoms with van der Waals surface area (Å²) in [6, 6.07) is 23.2. The molecule has 3 aromatic rings. The molecule has 1 amide bonds. The quantitative estimate of drug-likeness (QED) is 0.587. The van der Waals surface area contributed by atoms with Crippen LogP contribution in [0.25, 0.3) is 0 Å². The molecule has 0 aromatic heterocycles. The molecular formula is C24H25NO3. The van der Waals surface area contributed by atoms with E-state index in [2.05, 4.69) is 12.2 Å². The second-order valence-corrected chi connectivity index (χ2v) is 6.51. The second-order valence-electron chi connectivity index (χ2n) is 6.51. The lowest BCUT2D eigenvalue weighted by Gasteiger charge is -2.12. The van der Waals surface area contributed by atoms with Gasteiger partial charge in [0.15, 0.2) is 0 Å². The Labute approximate surface area is 166 Å². The molecule has 144 valence electrons. The van der Waals surface area contributed by atoms with Crippen molar-refractivity contribution in [1.82, 2.24) is 0 Å².